The van der Waals surface area contributed by atoms with Gasteiger partial charge in [0.05, 0.1) is 0 Å². The molecule has 0 saturated heterocycles. The molecule has 0 spiro atoms. The first-order valence-corrected chi connectivity index (χ1v) is 11.1. The average molecular weight is 438 g/mol. The molecule has 1 saturated carbocycles. The Kier molecular flexibility index (Phi) is 4.47. The first-order chi connectivity index (χ1) is 10.5. The Hall–Kier alpha value is -1.06. The Morgan fingerprint density at radius 2 is 1.36 bits per heavy atom. The van der Waals surface area contributed by atoms with Crippen LogP contribution >= 0.6 is 20.2 Å². The van der Waals surface area contributed by atoms with E-state index in [2.05, 4.69) is 0 Å². The third-order valence-electron chi connectivity index (χ3n) is 3.10. The molecule has 0 aliphatic heterocycles. The van der Waals surface area contributed by atoms with Gasteiger partial charge >= 0.3 is 135 Å². The molecule has 0 amide bonds. The molecule has 2 aromatic carbocycles. The molecule has 1 aliphatic carbocycles. The van der Waals surface area contributed by atoms with Crippen molar-refractivity contribution in [2.45, 2.75) is 18.1 Å². The molecule has 1 fully saturated rings. The Balaban J connectivity index is 2.07. The van der Waals surface area contributed by atoms with Crippen molar-refractivity contribution in [2.75, 3.05) is 0 Å². The van der Waals surface area contributed by atoms with Crippen molar-refractivity contribution in [3.05, 3.63) is 67.3 Å². The van der Waals surface area contributed by atoms with E-state index in [4.69, 9.17) is 2.51 Å². The van der Waals surface area contributed by atoms with Gasteiger partial charge in [0.15, 0.2) is 0 Å². The van der Waals surface area contributed by atoms with Gasteiger partial charge < -0.3 is 0 Å². The van der Waals surface area contributed by atoms with Crippen LogP contribution in [0.5, 0.6) is 0 Å². The zero-order valence-electron chi connectivity index (χ0n) is 11.4. The molecule has 3 rings (SSSR count). The molecular weight excluding hydrogens is 425 g/mol. The molecule has 7 heteroatoms. The molecule has 0 bridgehead atoms. The van der Waals surface area contributed by atoms with E-state index in [1.165, 1.54) is 36.4 Å². The van der Waals surface area contributed by atoms with Crippen molar-refractivity contribution in [1.29, 1.82) is 0 Å². The van der Waals surface area contributed by atoms with Gasteiger partial charge in [-0.05, 0) is 0 Å². The van der Waals surface area contributed by atoms with Crippen molar-refractivity contribution in [1.82, 2.24) is 0 Å². The quantitative estimate of drug-likeness (QED) is 0.665. The van der Waals surface area contributed by atoms with Gasteiger partial charge in [-0.3, -0.25) is 0 Å². The van der Waals surface area contributed by atoms with Crippen molar-refractivity contribution in [3.63, 3.8) is 0 Å². The van der Waals surface area contributed by atoms with Crippen LogP contribution in [0.1, 0.15) is 12.8 Å². The van der Waals surface area contributed by atoms with Crippen molar-refractivity contribution in [2.24, 2.45) is 0 Å². The number of halogens is 3. The second-order valence-electron chi connectivity index (χ2n) is 4.83. The number of hydrogen-bond acceptors (Lipinski definition) is 3. The summed E-state index contributed by atoms with van der Waals surface area (Å²) in [5, 5.41) is -0.536. The predicted molar refractivity (Wildman–Crippen MR) is 87.2 cm³/mol. The summed E-state index contributed by atoms with van der Waals surface area (Å²) in [7, 11) is -3.78. The van der Waals surface area contributed by atoms with E-state index < -0.39 is 47.2 Å². The Morgan fingerprint density at radius 3 is 1.77 bits per heavy atom. The van der Waals surface area contributed by atoms with E-state index in [9.17, 15) is 17.2 Å². The molecule has 0 unspecified atom stereocenters. The molecule has 118 valence electrons. The van der Waals surface area contributed by atoms with E-state index >= 15 is 0 Å². The number of rotatable bonds is 5. The van der Waals surface area contributed by atoms with Crippen LogP contribution in [-0.2, 0) is 12.6 Å². The van der Waals surface area contributed by atoms with E-state index in [1.54, 1.807) is 12.1 Å². The van der Waals surface area contributed by atoms with Crippen molar-refractivity contribution in [3.8, 4) is 0 Å². The van der Waals surface area contributed by atoms with E-state index in [0.29, 0.717) is 12.8 Å². The van der Waals surface area contributed by atoms with Crippen LogP contribution < -0.4 is 0 Å². The van der Waals surface area contributed by atoms with Crippen LogP contribution in [0.3, 0.4) is 0 Å². The third kappa shape index (κ3) is 3.31. The average Bonchev–Trinajstić information content (AvgIpc) is 3.31. The minimum absolute atomic E-state index is 0.154. The van der Waals surface area contributed by atoms with Crippen LogP contribution in [-0.4, -0.2) is 13.7 Å². The zero-order chi connectivity index (χ0) is 15.7. The monoisotopic (exact) mass is 438 g/mol. The molecule has 0 N–H and O–H groups in total. The van der Waals surface area contributed by atoms with E-state index in [0.717, 1.165) is 0 Å². The van der Waals surface area contributed by atoms with Crippen LogP contribution in [0.15, 0.2) is 48.5 Å². The van der Waals surface area contributed by atoms with Crippen LogP contribution in [0.4, 0.5) is 8.78 Å². The molecule has 2 aromatic rings. The van der Waals surface area contributed by atoms with Crippen LogP contribution in [0.2, 0.25) is 0 Å². The van der Waals surface area contributed by atoms with Gasteiger partial charge in [-0.1, -0.05) is 0 Å². The molecule has 0 heterocycles. The number of benzene rings is 2. The van der Waals surface area contributed by atoms with Crippen LogP contribution in [0.25, 0.3) is 0 Å². The Bertz CT molecular complexity index is 745. The minimum atomic E-state index is -3.78. The molecular formula is C15H13F2IO3S. The predicted octanol–water partition coefficient (Wildman–Crippen LogP) is 3.93. The summed E-state index contributed by atoms with van der Waals surface area (Å²) >= 11 is -3.22. The molecule has 22 heavy (non-hydrogen) atoms. The molecule has 0 aromatic heterocycles. The molecule has 3 nitrogen and oxygen atoms in total. The fraction of sp³-hybridized carbons (Fsp3) is 0.200. The summed E-state index contributed by atoms with van der Waals surface area (Å²) in [4.78, 5) is 0. The SMILES string of the molecule is O=S(=O)(OI(c1ccccc1F)c1ccccc1F)C1CC1. The molecule has 0 radical (unpaired) electrons. The first-order valence-electron chi connectivity index (χ1n) is 6.62. The van der Waals surface area contributed by atoms with Gasteiger partial charge in [0.1, 0.15) is 0 Å². The summed E-state index contributed by atoms with van der Waals surface area (Å²) in [5.41, 5.74) is 0. The normalized spacial score (nSPS) is 15.6. The maximum absolute atomic E-state index is 14.1. The summed E-state index contributed by atoms with van der Waals surface area (Å²) < 4.78 is 58.1. The first kappa shape index (κ1) is 15.8. The second-order valence-corrected chi connectivity index (χ2v) is 11.4. The standard InChI is InChI=1S/C15H13F2IO3S/c16-12-5-1-3-7-14(12)18(15-8-4-2-6-13(15)17)21-22(19,20)11-9-10-11/h1-8,11H,9-10H2. The number of hydrogen-bond donors (Lipinski definition) is 0. The molecule has 1 aliphatic rings. The fourth-order valence-electron chi connectivity index (χ4n) is 1.83. The summed E-state index contributed by atoms with van der Waals surface area (Å²) in [6, 6.07) is 11.6. The Labute approximate surface area is 135 Å². The topological polar surface area (TPSA) is 43.4 Å². The van der Waals surface area contributed by atoms with Gasteiger partial charge in [-0.2, -0.15) is 0 Å². The fourth-order valence-corrected chi connectivity index (χ4v) is 9.49. The maximum atomic E-state index is 14.1. The van der Waals surface area contributed by atoms with Gasteiger partial charge in [0.2, 0.25) is 0 Å². The van der Waals surface area contributed by atoms with Crippen molar-refractivity contribution >= 4 is 30.4 Å². The van der Waals surface area contributed by atoms with Gasteiger partial charge in [0, 0.05) is 0 Å². The summed E-state index contributed by atoms with van der Waals surface area (Å²) in [6.45, 7) is 0. The summed E-state index contributed by atoms with van der Waals surface area (Å²) in [6.07, 6.45) is 1.09. The van der Waals surface area contributed by atoms with Gasteiger partial charge in [-0.15, -0.1) is 0 Å². The van der Waals surface area contributed by atoms with Gasteiger partial charge in [-0.25, -0.2) is 0 Å². The zero-order valence-corrected chi connectivity index (χ0v) is 14.4. The second kappa shape index (κ2) is 6.21. The van der Waals surface area contributed by atoms with E-state index in [-0.39, 0.29) is 7.14 Å². The Morgan fingerprint density at radius 1 is 0.909 bits per heavy atom. The van der Waals surface area contributed by atoms with Crippen molar-refractivity contribution < 1.29 is 19.7 Å². The third-order valence-corrected chi connectivity index (χ3v) is 11.1. The molecule has 0 atom stereocenters. The van der Waals surface area contributed by atoms with Gasteiger partial charge in [0.25, 0.3) is 0 Å². The van der Waals surface area contributed by atoms with Crippen LogP contribution in [0, 0.1) is 18.8 Å². The summed E-state index contributed by atoms with van der Waals surface area (Å²) in [5.74, 6) is -1.14. The van der Waals surface area contributed by atoms with E-state index in [1.807, 2.05) is 0 Å².